The van der Waals surface area contributed by atoms with Gasteiger partial charge in [-0.05, 0) is 42.5 Å². The molecule has 0 fully saturated rings. The molecule has 0 spiro atoms. The lowest BCUT2D eigenvalue weighted by Crippen LogP contribution is -2.30. The molecule has 0 aromatic heterocycles. The molecule has 0 unspecified atom stereocenters. The Morgan fingerprint density at radius 2 is 1.62 bits per heavy atom. The molecule has 0 aliphatic carbocycles. The first-order valence-electron chi connectivity index (χ1n) is 10.1. The Bertz CT molecular complexity index is 1260. The van der Waals surface area contributed by atoms with Gasteiger partial charge >= 0.3 is 0 Å². The van der Waals surface area contributed by atoms with Gasteiger partial charge in [0.15, 0.2) is 0 Å². The average Bonchev–Trinajstić information content (AvgIpc) is 2.80. The van der Waals surface area contributed by atoms with E-state index in [2.05, 4.69) is 11.4 Å². The van der Waals surface area contributed by atoms with E-state index in [0.29, 0.717) is 34.8 Å². The van der Waals surface area contributed by atoms with Crippen LogP contribution in [0.15, 0.2) is 87.5 Å². The van der Waals surface area contributed by atoms with Gasteiger partial charge in [-0.3, -0.25) is 4.79 Å². The number of sulfonamides is 1. The van der Waals surface area contributed by atoms with Gasteiger partial charge in [0, 0.05) is 28.6 Å². The third kappa shape index (κ3) is 5.19. The normalized spacial score (nSPS) is 11.2. The monoisotopic (exact) mass is 465 g/mol. The number of nitriles is 1. The summed E-state index contributed by atoms with van der Waals surface area (Å²) in [5, 5.41) is 12.1. The van der Waals surface area contributed by atoms with Crippen LogP contribution >= 0.6 is 11.8 Å². The smallest absolute Gasteiger partial charge is 0.256 e. The van der Waals surface area contributed by atoms with Crippen molar-refractivity contribution < 1.29 is 13.2 Å². The predicted octanol–water partition coefficient (Wildman–Crippen LogP) is 4.99. The van der Waals surface area contributed by atoms with E-state index in [1.165, 1.54) is 28.2 Å². The van der Waals surface area contributed by atoms with E-state index < -0.39 is 10.0 Å². The highest BCUT2D eigenvalue weighted by Gasteiger charge is 2.22. The van der Waals surface area contributed by atoms with E-state index >= 15 is 0 Å². The Morgan fingerprint density at radius 3 is 2.31 bits per heavy atom. The number of nitrogens with zero attached hydrogens (tertiary/aromatic N) is 2. The number of anilines is 1. The van der Waals surface area contributed by atoms with Crippen LogP contribution in [0, 0.1) is 11.3 Å². The Morgan fingerprint density at radius 1 is 0.969 bits per heavy atom. The lowest BCUT2D eigenvalue weighted by molar-refractivity contribution is 0.102. The minimum absolute atomic E-state index is 0.129. The van der Waals surface area contributed by atoms with Crippen LogP contribution in [0.1, 0.15) is 29.8 Å². The van der Waals surface area contributed by atoms with Crippen molar-refractivity contribution in [3.63, 3.8) is 0 Å². The number of amides is 1. The highest BCUT2D eigenvalue weighted by molar-refractivity contribution is 7.99. The van der Waals surface area contributed by atoms with E-state index in [9.17, 15) is 18.5 Å². The molecule has 32 heavy (non-hydrogen) atoms. The molecule has 3 aromatic carbocycles. The average molecular weight is 466 g/mol. The lowest BCUT2D eigenvalue weighted by Gasteiger charge is -2.19. The zero-order valence-corrected chi connectivity index (χ0v) is 19.4. The topological polar surface area (TPSA) is 90.3 Å². The van der Waals surface area contributed by atoms with Crippen LogP contribution in [0.2, 0.25) is 0 Å². The fourth-order valence-electron chi connectivity index (χ4n) is 3.16. The predicted molar refractivity (Wildman–Crippen MR) is 126 cm³/mol. The fraction of sp³-hybridized carbons (Fsp3) is 0.167. The van der Waals surface area contributed by atoms with Crippen LogP contribution in [0.25, 0.3) is 0 Å². The minimum atomic E-state index is -3.63. The molecule has 0 bridgehead atoms. The summed E-state index contributed by atoms with van der Waals surface area (Å²) in [6.07, 6.45) is 0. The van der Waals surface area contributed by atoms with Crippen LogP contribution in [-0.4, -0.2) is 31.7 Å². The molecule has 0 aliphatic heterocycles. The summed E-state index contributed by atoms with van der Waals surface area (Å²) in [5.41, 5.74) is 1.35. The second kappa shape index (κ2) is 10.5. The SMILES string of the molecule is CCN(CC)S(=O)(=O)c1cccc(NC(=O)c2ccccc2Sc2ccccc2C#N)c1. The molecule has 0 atom stereocenters. The van der Waals surface area contributed by atoms with Gasteiger partial charge in [-0.2, -0.15) is 9.57 Å². The highest BCUT2D eigenvalue weighted by atomic mass is 32.2. The van der Waals surface area contributed by atoms with Crippen LogP contribution < -0.4 is 5.32 Å². The summed E-state index contributed by atoms with van der Waals surface area (Å²) in [6, 6.07) is 22.7. The van der Waals surface area contributed by atoms with Gasteiger partial charge in [-0.15, -0.1) is 0 Å². The summed E-state index contributed by atoms with van der Waals surface area (Å²) in [7, 11) is -3.63. The maximum absolute atomic E-state index is 13.0. The molecular weight excluding hydrogens is 442 g/mol. The van der Waals surface area contributed by atoms with Crippen molar-refractivity contribution in [2.75, 3.05) is 18.4 Å². The van der Waals surface area contributed by atoms with Gasteiger partial charge < -0.3 is 5.32 Å². The molecule has 0 heterocycles. The number of rotatable bonds is 8. The number of carbonyl (C=O) groups is 1. The van der Waals surface area contributed by atoms with Gasteiger partial charge in [0.1, 0.15) is 6.07 Å². The first-order valence-corrected chi connectivity index (χ1v) is 12.3. The van der Waals surface area contributed by atoms with Gasteiger partial charge in [0.05, 0.1) is 16.0 Å². The largest absolute Gasteiger partial charge is 0.322 e. The van der Waals surface area contributed by atoms with Crippen molar-refractivity contribution in [1.82, 2.24) is 4.31 Å². The van der Waals surface area contributed by atoms with Crippen molar-refractivity contribution in [3.05, 3.63) is 83.9 Å². The second-order valence-electron chi connectivity index (χ2n) is 6.78. The number of nitrogens with one attached hydrogen (secondary N) is 1. The quantitative estimate of drug-likeness (QED) is 0.506. The van der Waals surface area contributed by atoms with Crippen molar-refractivity contribution >= 4 is 33.4 Å². The standard InChI is InChI=1S/C24H23N3O3S2/c1-3-27(4-2)32(29,30)20-12-9-11-19(16-20)26-24(28)21-13-6-8-15-23(21)31-22-14-7-5-10-18(22)17-25/h5-16H,3-4H2,1-2H3,(H,26,28). The van der Waals surface area contributed by atoms with E-state index in [1.54, 1.807) is 50.2 Å². The van der Waals surface area contributed by atoms with Gasteiger partial charge in [-0.1, -0.05) is 55.9 Å². The Labute approximate surface area is 192 Å². The third-order valence-electron chi connectivity index (χ3n) is 4.79. The van der Waals surface area contributed by atoms with E-state index in [1.807, 2.05) is 24.3 Å². The molecule has 1 N–H and O–H groups in total. The molecule has 3 aromatic rings. The van der Waals surface area contributed by atoms with E-state index in [-0.39, 0.29) is 10.8 Å². The highest BCUT2D eigenvalue weighted by Crippen LogP contribution is 2.33. The molecule has 8 heteroatoms. The van der Waals surface area contributed by atoms with E-state index in [0.717, 1.165) is 4.90 Å². The summed E-state index contributed by atoms with van der Waals surface area (Å²) in [6.45, 7) is 4.30. The van der Waals surface area contributed by atoms with Crippen molar-refractivity contribution in [3.8, 4) is 6.07 Å². The van der Waals surface area contributed by atoms with Gasteiger partial charge in [-0.25, -0.2) is 8.42 Å². The van der Waals surface area contributed by atoms with Crippen LogP contribution in [0.4, 0.5) is 5.69 Å². The minimum Gasteiger partial charge on any atom is -0.322 e. The van der Waals surface area contributed by atoms with Crippen LogP contribution in [0.3, 0.4) is 0 Å². The Balaban J connectivity index is 1.87. The molecule has 0 saturated heterocycles. The molecule has 164 valence electrons. The van der Waals surface area contributed by atoms with E-state index in [4.69, 9.17) is 0 Å². The zero-order chi connectivity index (χ0) is 23.1. The summed E-state index contributed by atoms with van der Waals surface area (Å²) in [5.74, 6) is -0.361. The first-order chi connectivity index (χ1) is 15.4. The zero-order valence-electron chi connectivity index (χ0n) is 17.8. The summed E-state index contributed by atoms with van der Waals surface area (Å²) >= 11 is 1.34. The Kier molecular flexibility index (Phi) is 7.70. The number of carbonyl (C=O) groups excluding carboxylic acids is 1. The third-order valence-corrected chi connectivity index (χ3v) is 7.99. The summed E-state index contributed by atoms with van der Waals surface area (Å²) in [4.78, 5) is 14.6. The second-order valence-corrected chi connectivity index (χ2v) is 9.80. The molecule has 0 aliphatic rings. The number of hydrogen-bond acceptors (Lipinski definition) is 5. The van der Waals surface area contributed by atoms with Crippen molar-refractivity contribution in [2.45, 2.75) is 28.5 Å². The molecule has 0 radical (unpaired) electrons. The first kappa shape index (κ1) is 23.5. The summed E-state index contributed by atoms with van der Waals surface area (Å²) < 4.78 is 27.0. The Hall–Kier alpha value is -3.12. The van der Waals surface area contributed by atoms with Crippen LogP contribution in [-0.2, 0) is 10.0 Å². The molecule has 0 saturated carbocycles. The van der Waals surface area contributed by atoms with Gasteiger partial charge in [0.25, 0.3) is 5.91 Å². The van der Waals surface area contributed by atoms with Crippen molar-refractivity contribution in [1.29, 1.82) is 5.26 Å². The fourth-order valence-corrected chi connectivity index (χ4v) is 5.68. The van der Waals surface area contributed by atoms with Gasteiger partial charge in [0.2, 0.25) is 10.0 Å². The number of benzene rings is 3. The maximum Gasteiger partial charge on any atom is 0.256 e. The number of hydrogen-bond donors (Lipinski definition) is 1. The molecule has 1 amide bonds. The molecular formula is C24H23N3O3S2. The van der Waals surface area contributed by atoms with Crippen LogP contribution in [0.5, 0.6) is 0 Å². The maximum atomic E-state index is 13.0. The molecule has 6 nitrogen and oxygen atoms in total. The lowest BCUT2D eigenvalue weighted by atomic mass is 10.2. The van der Waals surface area contributed by atoms with Crippen molar-refractivity contribution in [2.24, 2.45) is 0 Å². The molecule has 3 rings (SSSR count).